The Labute approximate surface area is 212 Å². The summed E-state index contributed by atoms with van der Waals surface area (Å²) in [6, 6.07) is 19.4. The molecule has 1 amide bonds. The third kappa shape index (κ3) is 5.84. The predicted molar refractivity (Wildman–Crippen MR) is 131 cm³/mol. The molecule has 4 aromatic rings. The van der Waals surface area contributed by atoms with E-state index >= 15 is 0 Å². The minimum Gasteiger partial charge on any atom is -0.454 e. The molecule has 0 spiro atoms. The van der Waals surface area contributed by atoms with E-state index in [2.05, 4.69) is 15.2 Å². The number of carbonyl (C=O) groups is 1. The summed E-state index contributed by atoms with van der Waals surface area (Å²) >= 11 is 6.41. The fourth-order valence-corrected chi connectivity index (χ4v) is 4.08. The molecule has 0 aliphatic carbocycles. The van der Waals surface area contributed by atoms with Crippen LogP contribution < -0.4 is 14.8 Å². The number of aromatic nitrogens is 1. The molecule has 1 aliphatic heterocycles. The van der Waals surface area contributed by atoms with Crippen LogP contribution in [-0.4, -0.2) is 22.6 Å². The molecule has 0 bridgehead atoms. The topological polar surface area (TPSA) is 76.8 Å². The van der Waals surface area contributed by atoms with Crippen molar-refractivity contribution in [2.45, 2.75) is 26.2 Å². The number of carbonyl (C=O) groups excluding carboxylic acids is 1. The normalized spacial score (nSPS) is 12.2. The third-order valence-corrected chi connectivity index (χ3v) is 6.07. The molecular weight excluding hydrogens is 485 g/mol. The first kappa shape index (κ1) is 23.8. The summed E-state index contributed by atoms with van der Waals surface area (Å²) in [5.41, 5.74) is 2.94. The van der Waals surface area contributed by atoms with Crippen LogP contribution in [0.25, 0.3) is 0 Å². The lowest BCUT2D eigenvalue weighted by Gasteiger charge is -2.21. The zero-order valence-electron chi connectivity index (χ0n) is 19.2. The number of rotatable bonds is 9. The highest BCUT2D eigenvalue weighted by Crippen LogP contribution is 2.33. The number of nitrogens with zero attached hydrogens (tertiary/aromatic N) is 2. The molecule has 1 aliphatic rings. The average Bonchev–Trinajstić information content (AvgIpc) is 3.54. The first-order valence-corrected chi connectivity index (χ1v) is 11.7. The quantitative estimate of drug-likeness (QED) is 0.330. The molecule has 0 atom stereocenters. The van der Waals surface area contributed by atoms with Gasteiger partial charge >= 0.3 is 0 Å². The van der Waals surface area contributed by atoms with Gasteiger partial charge in [0.25, 0.3) is 5.91 Å². The number of hydrogen-bond donors (Lipinski definition) is 1. The molecule has 184 valence electrons. The van der Waals surface area contributed by atoms with Crippen molar-refractivity contribution in [2.75, 3.05) is 6.79 Å². The van der Waals surface area contributed by atoms with E-state index in [9.17, 15) is 9.18 Å². The van der Waals surface area contributed by atoms with E-state index in [1.54, 1.807) is 12.1 Å². The third-order valence-electron chi connectivity index (χ3n) is 5.70. The van der Waals surface area contributed by atoms with E-state index in [0.717, 1.165) is 22.4 Å². The van der Waals surface area contributed by atoms with Crippen molar-refractivity contribution in [1.29, 1.82) is 0 Å². The van der Waals surface area contributed by atoms with Crippen LogP contribution in [0.4, 0.5) is 4.39 Å². The molecule has 2 heterocycles. The van der Waals surface area contributed by atoms with Gasteiger partial charge in [0.1, 0.15) is 12.1 Å². The largest absolute Gasteiger partial charge is 0.454 e. The van der Waals surface area contributed by atoms with Gasteiger partial charge in [-0.2, -0.15) is 0 Å². The van der Waals surface area contributed by atoms with Gasteiger partial charge in [-0.1, -0.05) is 48.0 Å². The van der Waals surface area contributed by atoms with E-state index in [0.29, 0.717) is 36.3 Å². The van der Waals surface area contributed by atoms with Crippen molar-refractivity contribution in [1.82, 2.24) is 15.2 Å². The van der Waals surface area contributed by atoms with Crippen LogP contribution in [0, 0.1) is 5.82 Å². The van der Waals surface area contributed by atoms with Crippen LogP contribution in [0.15, 0.2) is 77.4 Å². The van der Waals surface area contributed by atoms with Crippen molar-refractivity contribution in [2.24, 2.45) is 0 Å². The number of hydrogen-bond acceptors (Lipinski definition) is 6. The molecule has 0 fully saturated rings. The fraction of sp³-hybridized carbons (Fsp3) is 0.185. The molecular formula is C27H23ClFN3O4. The SMILES string of the molecule is O=C(NCc1ccc(F)cc1)c1coc(CN(Cc2ccc3c(c2)OCO3)Cc2ccccc2Cl)n1. The number of oxazole rings is 1. The molecule has 0 radical (unpaired) electrons. The Morgan fingerprint density at radius 3 is 2.58 bits per heavy atom. The van der Waals surface area contributed by atoms with Crippen molar-refractivity contribution < 1.29 is 23.1 Å². The summed E-state index contributed by atoms with van der Waals surface area (Å²) in [6.07, 6.45) is 1.34. The first-order valence-electron chi connectivity index (χ1n) is 11.3. The Morgan fingerprint density at radius 2 is 1.75 bits per heavy atom. The van der Waals surface area contributed by atoms with Crippen molar-refractivity contribution in [3.63, 3.8) is 0 Å². The maximum atomic E-state index is 13.1. The van der Waals surface area contributed by atoms with Crippen LogP contribution in [0.5, 0.6) is 11.5 Å². The van der Waals surface area contributed by atoms with Crippen LogP contribution in [0.1, 0.15) is 33.1 Å². The lowest BCUT2D eigenvalue weighted by Crippen LogP contribution is -2.24. The smallest absolute Gasteiger partial charge is 0.273 e. The van der Waals surface area contributed by atoms with Crippen LogP contribution >= 0.6 is 11.6 Å². The van der Waals surface area contributed by atoms with Crippen LogP contribution in [0.2, 0.25) is 5.02 Å². The van der Waals surface area contributed by atoms with Crippen molar-refractivity contribution in [3.05, 3.63) is 112 Å². The highest BCUT2D eigenvalue weighted by Gasteiger charge is 2.19. The van der Waals surface area contributed by atoms with E-state index in [4.69, 9.17) is 25.5 Å². The van der Waals surface area contributed by atoms with Crippen LogP contribution in [0.3, 0.4) is 0 Å². The molecule has 0 unspecified atom stereocenters. The summed E-state index contributed by atoms with van der Waals surface area (Å²) in [6.45, 7) is 1.93. The Hall–Kier alpha value is -3.88. The van der Waals surface area contributed by atoms with Gasteiger partial charge in [-0.3, -0.25) is 9.69 Å². The zero-order valence-corrected chi connectivity index (χ0v) is 20.0. The molecule has 7 nitrogen and oxygen atoms in total. The van der Waals surface area contributed by atoms with Gasteiger partial charge in [-0.15, -0.1) is 0 Å². The number of nitrogens with one attached hydrogen (secondary N) is 1. The molecule has 1 aromatic heterocycles. The number of amides is 1. The minimum absolute atomic E-state index is 0.174. The second-order valence-corrected chi connectivity index (χ2v) is 8.77. The Balaban J connectivity index is 1.28. The van der Waals surface area contributed by atoms with Gasteiger partial charge in [0.15, 0.2) is 17.2 Å². The monoisotopic (exact) mass is 507 g/mol. The maximum absolute atomic E-state index is 13.1. The van der Waals surface area contributed by atoms with Gasteiger partial charge in [0, 0.05) is 24.7 Å². The Morgan fingerprint density at radius 1 is 0.972 bits per heavy atom. The zero-order chi connectivity index (χ0) is 24.9. The van der Waals surface area contributed by atoms with Gasteiger partial charge in [0.05, 0.1) is 6.54 Å². The van der Waals surface area contributed by atoms with Gasteiger partial charge < -0.3 is 19.2 Å². The minimum atomic E-state index is -0.372. The Kier molecular flexibility index (Phi) is 7.16. The highest BCUT2D eigenvalue weighted by atomic mass is 35.5. The summed E-state index contributed by atoms with van der Waals surface area (Å²) in [5.74, 6) is 1.13. The van der Waals surface area contributed by atoms with Gasteiger partial charge in [0.2, 0.25) is 12.7 Å². The lowest BCUT2D eigenvalue weighted by atomic mass is 10.1. The number of benzene rings is 3. The Bertz CT molecular complexity index is 1360. The molecule has 5 rings (SSSR count). The maximum Gasteiger partial charge on any atom is 0.273 e. The van der Waals surface area contributed by atoms with E-state index in [1.165, 1.54) is 18.4 Å². The van der Waals surface area contributed by atoms with E-state index < -0.39 is 0 Å². The highest BCUT2D eigenvalue weighted by molar-refractivity contribution is 6.31. The summed E-state index contributed by atoms with van der Waals surface area (Å²) in [4.78, 5) is 19.1. The number of fused-ring (bicyclic) bond motifs is 1. The number of halogens is 2. The van der Waals surface area contributed by atoms with E-state index in [-0.39, 0.29) is 30.8 Å². The molecule has 0 saturated carbocycles. The second kappa shape index (κ2) is 10.8. The van der Waals surface area contributed by atoms with Crippen LogP contribution in [-0.2, 0) is 26.2 Å². The van der Waals surface area contributed by atoms with Crippen molar-refractivity contribution in [3.8, 4) is 11.5 Å². The first-order chi connectivity index (χ1) is 17.5. The lowest BCUT2D eigenvalue weighted by molar-refractivity contribution is 0.0945. The summed E-state index contributed by atoms with van der Waals surface area (Å²) in [5, 5.41) is 3.44. The van der Waals surface area contributed by atoms with Gasteiger partial charge in [-0.25, -0.2) is 9.37 Å². The predicted octanol–water partition coefficient (Wildman–Crippen LogP) is 5.33. The second-order valence-electron chi connectivity index (χ2n) is 8.36. The summed E-state index contributed by atoms with van der Waals surface area (Å²) < 4.78 is 29.6. The number of ether oxygens (including phenoxy) is 2. The van der Waals surface area contributed by atoms with Gasteiger partial charge in [-0.05, 0) is 47.0 Å². The standard InChI is InChI=1S/C27H23ClFN3O4/c28-22-4-2-1-3-20(22)14-32(13-19-7-10-24-25(11-19)36-17-35-24)15-26-31-23(16-34-26)27(33)30-12-18-5-8-21(29)9-6-18/h1-11,16H,12-15,17H2,(H,30,33). The molecule has 36 heavy (non-hydrogen) atoms. The molecule has 3 aromatic carbocycles. The summed E-state index contributed by atoms with van der Waals surface area (Å²) in [7, 11) is 0. The van der Waals surface area contributed by atoms with Crippen molar-refractivity contribution >= 4 is 17.5 Å². The molecule has 0 saturated heterocycles. The fourth-order valence-electron chi connectivity index (χ4n) is 3.89. The average molecular weight is 508 g/mol. The van der Waals surface area contributed by atoms with E-state index in [1.807, 2.05) is 42.5 Å². The molecule has 9 heteroatoms. The molecule has 1 N–H and O–H groups in total.